The van der Waals surface area contributed by atoms with Crippen LogP contribution < -0.4 is 5.32 Å². The highest BCUT2D eigenvalue weighted by atomic mass is 35.5. The van der Waals surface area contributed by atoms with Crippen LogP contribution in [0.4, 0.5) is 0 Å². The second-order valence-corrected chi connectivity index (χ2v) is 5.46. The van der Waals surface area contributed by atoms with E-state index in [-0.39, 0.29) is 18.3 Å². The van der Waals surface area contributed by atoms with E-state index in [1.807, 2.05) is 31.2 Å². The predicted octanol–water partition coefficient (Wildman–Crippen LogP) is 2.38. The molecule has 3 rings (SSSR count). The zero-order valence-electron chi connectivity index (χ0n) is 11.3. The molecule has 1 aromatic rings. The summed E-state index contributed by atoms with van der Waals surface area (Å²) >= 11 is 0. The Morgan fingerprint density at radius 2 is 1.84 bits per heavy atom. The van der Waals surface area contributed by atoms with Gasteiger partial charge in [0.2, 0.25) is 0 Å². The lowest BCUT2D eigenvalue weighted by molar-refractivity contribution is 0.0680. The Morgan fingerprint density at radius 3 is 2.58 bits per heavy atom. The molecule has 1 aromatic carbocycles. The SMILES string of the molecule is Cc1ccc(C(=O)N2C3CCNCC2CC3)cc1.Cl. The van der Waals surface area contributed by atoms with E-state index in [2.05, 4.69) is 10.2 Å². The average molecular weight is 281 g/mol. The van der Waals surface area contributed by atoms with Crippen LogP contribution >= 0.6 is 12.4 Å². The van der Waals surface area contributed by atoms with Crippen LogP contribution in [0.15, 0.2) is 24.3 Å². The molecule has 2 aliphatic heterocycles. The maximum Gasteiger partial charge on any atom is 0.254 e. The predicted molar refractivity (Wildman–Crippen MR) is 78.9 cm³/mol. The summed E-state index contributed by atoms with van der Waals surface area (Å²) in [5.41, 5.74) is 2.03. The van der Waals surface area contributed by atoms with Gasteiger partial charge in [-0.05, 0) is 44.9 Å². The molecule has 2 fully saturated rings. The number of halogens is 1. The highest BCUT2D eigenvalue weighted by Crippen LogP contribution is 2.29. The van der Waals surface area contributed by atoms with Gasteiger partial charge in [0.25, 0.3) is 5.91 Å². The molecular weight excluding hydrogens is 260 g/mol. The van der Waals surface area contributed by atoms with Crippen LogP contribution in [0.25, 0.3) is 0 Å². The van der Waals surface area contributed by atoms with Gasteiger partial charge in [-0.1, -0.05) is 17.7 Å². The molecule has 0 aromatic heterocycles. The molecule has 0 saturated carbocycles. The molecule has 2 saturated heterocycles. The van der Waals surface area contributed by atoms with Gasteiger partial charge in [0, 0.05) is 24.2 Å². The lowest BCUT2D eigenvalue weighted by Crippen LogP contribution is -2.42. The van der Waals surface area contributed by atoms with E-state index < -0.39 is 0 Å². The van der Waals surface area contributed by atoms with Crippen LogP contribution in [0.1, 0.15) is 35.2 Å². The monoisotopic (exact) mass is 280 g/mol. The second kappa shape index (κ2) is 5.93. The molecule has 2 unspecified atom stereocenters. The smallest absolute Gasteiger partial charge is 0.254 e. The van der Waals surface area contributed by atoms with Gasteiger partial charge >= 0.3 is 0 Å². The van der Waals surface area contributed by atoms with Crippen molar-refractivity contribution < 1.29 is 4.79 Å². The molecule has 2 bridgehead atoms. The highest BCUT2D eigenvalue weighted by Gasteiger charge is 2.38. The van der Waals surface area contributed by atoms with Crippen molar-refractivity contribution in [2.24, 2.45) is 0 Å². The van der Waals surface area contributed by atoms with E-state index in [4.69, 9.17) is 0 Å². The van der Waals surface area contributed by atoms with Crippen molar-refractivity contribution in [2.45, 2.75) is 38.3 Å². The molecule has 0 spiro atoms. The number of carbonyl (C=O) groups excluding carboxylic acids is 1. The van der Waals surface area contributed by atoms with Crippen molar-refractivity contribution in [2.75, 3.05) is 13.1 Å². The summed E-state index contributed by atoms with van der Waals surface area (Å²) in [5.74, 6) is 0.214. The third-order valence-electron chi connectivity index (χ3n) is 4.19. The van der Waals surface area contributed by atoms with Crippen molar-refractivity contribution in [1.82, 2.24) is 10.2 Å². The Balaban J connectivity index is 0.00000133. The molecule has 0 radical (unpaired) electrons. The average Bonchev–Trinajstić information content (AvgIpc) is 2.63. The zero-order valence-corrected chi connectivity index (χ0v) is 12.1. The van der Waals surface area contributed by atoms with Crippen molar-refractivity contribution >= 4 is 18.3 Å². The summed E-state index contributed by atoms with van der Waals surface area (Å²) < 4.78 is 0. The van der Waals surface area contributed by atoms with E-state index in [0.29, 0.717) is 12.1 Å². The van der Waals surface area contributed by atoms with Crippen molar-refractivity contribution in [3.63, 3.8) is 0 Å². The Kier molecular flexibility index (Phi) is 4.48. The number of rotatable bonds is 1. The fraction of sp³-hybridized carbons (Fsp3) is 0.533. The minimum absolute atomic E-state index is 0. The summed E-state index contributed by atoms with van der Waals surface area (Å²) in [4.78, 5) is 14.8. The molecule has 0 aliphatic carbocycles. The van der Waals surface area contributed by atoms with Gasteiger partial charge < -0.3 is 10.2 Å². The topological polar surface area (TPSA) is 32.3 Å². The van der Waals surface area contributed by atoms with Gasteiger partial charge in [-0.2, -0.15) is 0 Å². The minimum Gasteiger partial charge on any atom is -0.331 e. The Bertz CT molecular complexity index is 432. The number of nitrogens with zero attached hydrogens (tertiary/aromatic N) is 1. The Labute approximate surface area is 120 Å². The van der Waals surface area contributed by atoms with Crippen molar-refractivity contribution in [1.29, 1.82) is 0 Å². The standard InChI is InChI=1S/C15H20N2O.ClH/c1-11-2-4-12(5-3-11)15(18)17-13-6-7-14(17)10-16-9-8-13;/h2-5,13-14,16H,6-10H2,1H3;1H. The molecule has 1 amide bonds. The molecule has 3 nitrogen and oxygen atoms in total. The fourth-order valence-corrected chi connectivity index (χ4v) is 3.16. The number of amides is 1. The van der Waals surface area contributed by atoms with Crippen LogP contribution in [-0.2, 0) is 0 Å². The first kappa shape index (κ1) is 14.4. The number of aryl methyl sites for hydroxylation is 1. The van der Waals surface area contributed by atoms with Gasteiger partial charge in [-0.25, -0.2) is 0 Å². The normalized spacial score (nSPS) is 25.6. The van der Waals surface area contributed by atoms with Gasteiger partial charge in [0.1, 0.15) is 0 Å². The Morgan fingerprint density at radius 1 is 1.16 bits per heavy atom. The van der Waals surface area contributed by atoms with Gasteiger partial charge in [0.15, 0.2) is 0 Å². The molecule has 1 N–H and O–H groups in total. The van der Waals surface area contributed by atoms with Crippen LogP contribution in [-0.4, -0.2) is 36.0 Å². The molecule has 104 valence electrons. The summed E-state index contributed by atoms with van der Waals surface area (Å²) in [7, 11) is 0. The first-order valence-corrected chi connectivity index (χ1v) is 6.86. The minimum atomic E-state index is 0. The second-order valence-electron chi connectivity index (χ2n) is 5.46. The van der Waals surface area contributed by atoms with Crippen molar-refractivity contribution in [3.8, 4) is 0 Å². The maximum atomic E-state index is 12.6. The lowest BCUT2D eigenvalue weighted by atomic mass is 10.1. The van der Waals surface area contributed by atoms with Crippen LogP contribution in [0.3, 0.4) is 0 Å². The van der Waals surface area contributed by atoms with Crippen molar-refractivity contribution in [3.05, 3.63) is 35.4 Å². The van der Waals surface area contributed by atoms with E-state index in [1.165, 1.54) is 12.0 Å². The molecule has 2 heterocycles. The number of hydrogen-bond acceptors (Lipinski definition) is 2. The molecule has 2 aliphatic rings. The third kappa shape index (κ3) is 2.77. The van der Waals surface area contributed by atoms with E-state index in [9.17, 15) is 4.79 Å². The summed E-state index contributed by atoms with van der Waals surface area (Å²) in [6.07, 6.45) is 3.41. The third-order valence-corrected chi connectivity index (χ3v) is 4.19. The van der Waals surface area contributed by atoms with Gasteiger partial charge in [-0.3, -0.25) is 4.79 Å². The quantitative estimate of drug-likeness (QED) is 0.857. The van der Waals surface area contributed by atoms with Gasteiger partial charge in [-0.15, -0.1) is 12.4 Å². The summed E-state index contributed by atoms with van der Waals surface area (Å²) in [6.45, 7) is 4.04. The summed E-state index contributed by atoms with van der Waals surface area (Å²) in [5, 5.41) is 3.43. The first-order chi connectivity index (χ1) is 8.75. The number of hydrogen-bond donors (Lipinski definition) is 1. The van der Waals surface area contributed by atoms with Gasteiger partial charge in [0.05, 0.1) is 0 Å². The van der Waals surface area contributed by atoms with Crippen LogP contribution in [0.2, 0.25) is 0 Å². The fourth-order valence-electron chi connectivity index (χ4n) is 3.16. The first-order valence-electron chi connectivity index (χ1n) is 6.86. The summed E-state index contributed by atoms with van der Waals surface area (Å²) in [6, 6.07) is 8.78. The number of carbonyl (C=O) groups is 1. The van der Waals surface area contributed by atoms with E-state index in [0.717, 1.165) is 31.5 Å². The van der Waals surface area contributed by atoms with E-state index >= 15 is 0 Å². The van der Waals surface area contributed by atoms with Crippen LogP contribution in [0, 0.1) is 6.92 Å². The molecule has 2 atom stereocenters. The molecule has 19 heavy (non-hydrogen) atoms. The number of fused-ring (bicyclic) bond motifs is 2. The largest absolute Gasteiger partial charge is 0.331 e. The zero-order chi connectivity index (χ0) is 12.5. The van der Waals surface area contributed by atoms with E-state index in [1.54, 1.807) is 0 Å². The lowest BCUT2D eigenvalue weighted by Gasteiger charge is -2.28. The molecular formula is C15H21ClN2O. The molecule has 4 heteroatoms. The Hall–Kier alpha value is -1.06. The number of benzene rings is 1. The number of nitrogens with one attached hydrogen (secondary N) is 1. The maximum absolute atomic E-state index is 12.6. The highest BCUT2D eigenvalue weighted by molar-refractivity contribution is 5.95. The van der Waals surface area contributed by atoms with Crippen LogP contribution in [0.5, 0.6) is 0 Å².